The maximum atomic E-state index is 12.7. The van der Waals surface area contributed by atoms with Gasteiger partial charge in [0.1, 0.15) is 5.75 Å². The topological polar surface area (TPSA) is 56.1 Å². The predicted molar refractivity (Wildman–Crippen MR) is 98.1 cm³/mol. The number of hydrogen-bond donors (Lipinski definition) is 1. The van der Waals surface area contributed by atoms with Crippen LogP contribution in [-0.2, 0) is 13.0 Å². The molecule has 1 amide bonds. The van der Waals surface area contributed by atoms with Crippen molar-refractivity contribution in [2.45, 2.75) is 19.9 Å². The molecule has 1 aromatic heterocycles. The van der Waals surface area contributed by atoms with Crippen LogP contribution in [0.4, 0.5) is 5.69 Å². The van der Waals surface area contributed by atoms with E-state index in [1.165, 1.54) is 0 Å². The first-order chi connectivity index (χ1) is 12.2. The van der Waals surface area contributed by atoms with Gasteiger partial charge in [0.25, 0.3) is 5.91 Å². The highest BCUT2D eigenvalue weighted by Gasteiger charge is 2.16. The Balaban J connectivity index is 1.80. The van der Waals surface area contributed by atoms with Crippen LogP contribution < -0.4 is 10.1 Å². The highest BCUT2D eigenvalue weighted by molar-refractivity contribution is 6.05. The molecule has 0 atom stereocenters. The maximum Gasteiger partial charge on any atom is 0.259 e. The number of carbonyl (C=O) groups excluding carboxylic acids is 1. The normalized spacial score (nSPS) is 10.5. The summed E-state index contributed by atoms with van der Waals surface area (Å²) in [5.41, 5.74) is 3.37. The van der Waals surface area contributed by atoms with Crippen molar-refractivity contribution in [2.75, 3.05) is 12.4 Å². The predicted octanol–water partition coefficient (Wildman–Crippen LogP) is 3.75. The largest absolute Gasteiger partial charge is 0.497 e. The van der Waals surface area contributed by atoms with Crippen molar-refractivity contribution in [1.82, 2.24) is 9.78 Å². The third-order valence-corrected chi connectivity index (χ3v) is 4.03. The number of nitrogens with one attached hydrogen (secondary N) is 1. The van der Waals surface area contributed by atoms with Gasteiger partial charge in [-0.2, -0.15) is 5.10 Å². The minimum Gasteiger partial charge on any atom is -0.497 e. The van der Waals surface area contributed by atoms with Crippen LogP contribution in [0.5, 0.6) is 5.75 Å². The quantitative estimate of drug-likeness (QED) is 0.746. The molecule has 0 bridgehead atoms. The average molecular weight is 335 g/mol. The first-order valence-electron chi connectivity index (χ1n) is 8.25. The minimum absolute atomic E-state index is 0.163. The molecule has 1 N–H and O–H groups in total. The smallest absolute Gasteiger partial charge is 0.259 e. The Bertz CT molecular complexity index is 856. The van der Waals surface area contributed by atoms with Gasteiger partial charge in [-0.05, 0) is 24.1 Å². The molecule has 128 valence electrons. The standard InChI is InChI=1S/C20H21N3O2/c1-3-19-18(13-21-23(19)14-15-8-5-4-6-9-15)20(24)22-16-10-7-11-17(12-16)25-2/h4-13H,3,14H2,1-2H3,(H,22,24). The Kier molecular flexibility index (Phi) is 5.14. The number of hydrogen-bond acceptors (Lipinski definition) is 3. The SMILES string of the molecule is CCc1c(C(=O)Nc2cccc(OC)c2)cnn1Cc1ccccc1. The van der Waals surface area contributed by atoms with Crippen LogP contribution >= 0.6 is 0 Å². The number of methoxy groups -OCH3 is 1. The summed E-state index contributed by atoms with van der Waals surface area (Å²) in [6, 6.07) is 17.4. The van der Waals surface area contributed by atoms with E-state index in [2.05, 4.69) is 22.5 Å². The van der Waals surface area contributed by atoms with Crippen molar-refractivity contribution in [2.24, 2.45) is 0 Å². The molecule has 3 rings (SSSR count). The van der Waals surface area contributed by atoms with E-state index < -0.39 is 0 Å². The van der Waals surface area contributed by atoms with E-state index in [1.54, 1.807) is 19.4 Å². The molecule has 0 spiro atoms. The van der Waals surface area contributed by atoms with Gasteiger partial charge in [0, 0.05) is 11.8 Å². The summed E-state index contributed by atoms with van der Waals surface area (Å²) >= 11 is 0. The van der Waals surface area contributed by atoms with Gasteiger partial charge in [-0.1, -0.05) is 43.3 Å². The zero-order valence-corrected chi connectivity index (χ0v) is 14.4. The first kappa shape index (κ1) is 16.8. The molecule has 1 heterocycles. The Labute approximate surface area is 147 Å². The Morgan fingerprint density at radius 2 is 1.96 bits per heavy atom. The Morgan fingerprint density at radius 1 is 1.16 bits per heavy atom. The third-order valence-electron chi connectivity index (χ3n) is 4.03. The van der Waals surface area contributed by atoms with Crippen molar-refractivity contribution in [3.05, 3.63) is 77.6 Å². The second-order valence-corrected chi connectivity index (χ2v) is 5.69. The number of ether oxygens (including phenoxy) is 1. The Hall–Kier alpha value is -3.08. The molecule has 5 heteroatoms. The van der Waals surface area contributed by atoms with Gasteiger partial charge in [-0.25, -0.2) is 0 Å². The zero-order valence-electron chi connectivity index (χ0n) is 14.4. The van der Waals surface area contributed by atoms with Gasteiger partial charge >= 0.3 is 0 Å². The molecule has 0 aliphatic heterocycles. The summed E-state index contributed by atoms with van der Waals surface area (Å²) in [7, 11) is 1.60. The number of amides is 1. The maximum absolute atomic E-state index is 12.7. The van der Waals surface area contributed by atoms with Crippen LogP contribution in [-0.4, -0.2) is 22.8 Å². The number of benzene rings is 2. The van der Waals surface area contributed by atoms with Crippen LogP contribution in [0.25, 0.3) is 0 Å². The van der Waals surface area contributed by atoms with Crippen molar-refractivity contribution in [3.63, 3.8) is 0 Å². The van der Waals surface area contributed by atoms with Crippen LogP contribution in [0.1, 0.15) is 28.5 Å². The Morgan fingerprint density at radius 3 is 2.68 bits per heavy atom. The first-order valence-corrected chi connectivity index (χ1v) is 8.25. The van der Waals surface area contributed by atoms with Gasteiger partial charge in [0.05, 0.1) is 31.1 Å². The third kappa shape index (κ3) is 3.88. The van der Waals surface area contributed by atoms with E-state index in [1.807, 2.05) is 48.0 Å². The molecular weight excluding hydrogens is 314 g/mol. The number of carbonyl (C=O) groups is 1. The van der Waals surface area contributed by atoms with Crippen molar-refractivity contribution >= 4 is 11.6 Å². The summed E-state index contributed by atoms with van der Waals surface area (Å²) < 4.78 is 7.07. The van der Waals surface area contributed by atoms with Gasteiger partial charge < -0.3 is 10.1 Å². The van der Waals surface area contributed by atoms with E-state index in [4.69, 9.17) is 4.74 Å². The molecule has 0 unspecified atom stereocenters. The molecule has 5 nitrogen and oxygen atoms in total. The van der Waals surface area contributed by atoms with Crippen LogP contribution in [0.15, 0.2) is 60.8 Å². The average Bonchev–Trinajstić information content (AvgIpc) is 3.05. The van der Waals surface area contributed by atoms with Crippen molar-refractivity contribution < 1.29 is 9.53 Å². The van der Waals surface area contributed by atoms with Gasteiger partial charge in [0.2, 0.25) is 0 Å². The molecule has 0 aliphatic carbocycles. The fourth-order valence-corrected chi connectivity index (χ4v) is 2.77. The van der Waals surface area contributed by atoms with Gasteiger partial charge in [-0.15, -0.1) is 0 Å². The lowest BCUT2D eigenvalue weighted by molar-refractivity contribution is 0.102. The summed E-state index contributed by atoms with van der Waals surface area (Å²) in [5.74, 6) is 0.540. The molecule has 0 saturated heterocycles. The van der Waals surface area contributed by atoms with Crippen LogP contribution in [0, 0.1) is 0 Å². The molecule has 0 aliphatic rings. The van der Waals surface area contributed by atoms with Crippen LogP contribution in [0.3, 0.4) is 0 Å². The lowest BCUT2D eigenvalue weighted by Gasteiger charge is -2.09. The molecule has 0 fully saturated rings. The number of rotatable bonds is 6. The van der Waals surface area contributed by atoms with Crippen molar-refractivity contribution in [1.29, 1.82) is 0 Å². The summed E-state index contributed by atoms with van der Waals surface area (Å²) in [4.78, 5) is 12.7. The number of nitrogens with zero attached hydrogens (tertiary/aromatic N) is 2. The molecule has 2 aromatic carbocycles. The lowest BCUT2D eigenvalue weighted by Crippen LogP contribution is -2.15. The molecule has 0 saturated carbocycles. The second-order valence-electron chi connectivity index (χ2n) is 5.69. The molecule has 3 aromatic rings. The second kappa shape index (κ2) is 7.66. The summed E-state index contributed by atoms with van der Waals surface area (Å²) in [5, 5.41) is 7.32. The van der Waals surface area contributed by atoms with Crippen molar-refractivity contribution in [3.8, 4) is 5.75 Å². The van der Waals surface area contributed by atoms with Crippen LogP contribution in [0.2, 0.25) is 0 Å². The fraction of sp³-hybridized carbons (Fsp3) is 0.200. The van der Waals surface area contributed by atoms with E-state index in [9.17, 15) is 4.79 Å². The van der Waals surface area contributed by atoms with E-state index >= 15 is 0 Å². The highest BCUT2D eigenvalue weighted by atomic mass is 16.5. The fourth-order valence-electron chi connectivity index (χ4n) is 2.77. The molecular formula is C20H21N3O2. The minimum atomic E-state index is -0.163. The summed E-state index contributed by atoms with van der Waals surface area (Å²) in [6.45, 7) is 2.68. The van der Waals surface area contributed by atoms with E-state index in [-0.39, 0.29) is 5.91 Å². The summed E-state index contributed by atoms with van der Waals surface area (Å²) in [6.07, 6.45) is 2.37. The lowest BCUT2D eigenvalue weighted by atomic mass is 10.1. The van der Waals surface area contributed by atoms with Gasteiger partial charge in [-0.3, -0.25) is 9.48 Å². The number of anilines is 1. The highest BCUT2D eigenvalue weighted by Crippen LogP contribution is 2.19. The van der Waals surface area contributed by atoms with E-state index in [0.717, 1.165) is 17.7 Å². The van der Waals surface area contributed by atoms with Gasteiger partial charge in [0.15, 0.2) is 0 Å². The number of aromatic nitrogens is 2. The molecule has 25 heavy (non-hydrogen) atoms. The zero-order chi connectivity index (χ0) is 17.6. The monoisotopic (exact) mass is 335 g/mol. The molecule has 0 radical (unpaired) electrons. The van der Waals surface area contributed by atoms with E-state index in [0.29, 0.717) is 23.5 Å².